The summed E-state index contributed by atoms with van der Waals surface area (Å²) in [6.45, 7) is 7.33. The van der Waals surface area contributed by atoms with Crippen molar-refractivity contribution in [3.05, 3.63) is 35.9 Å². The standard InChI is InChI=1S/C20H30N2O4/c1-17(18-5-3-2-4-6-18)15-22-16-20(26-19(22)24)7-9-21(10-8-20)11-13-25-14-12-23/h2-6,17,23H,7-16H2,1H3/t17-/m0/s1. The molecule has 2 saturated heterocycles. The van der Waals surface area contributed by atoms with Crippen molar-refractivity contribution in [2.45, 2.75) is 31.3 Å². The number of carbonyl (C=O) groups is 1. The van der Waals surface area contributed by atoms with E-state index in [-0.39, 0.29) is 18.3 Å². The Morgan fingerprint density at radius 1 is 1.23 bits per heavy atom. The first kappa shape index (κ1) is 19.1. The molecule has 1 amide bonds. The number of piperidine rings is 1. The number of carbonyl (C=O) groups excluding carboxylic acids is 1. The minimum atomic E-state index is -0.323. The van der Waals surface area contributed by atoms with E-state index in [0.717, 1.165) is 32.5 Å². The van der Waals surface area contributed by atoms with Crippen molar-refractivity contribution in [1.82, 2.24) is 9.80 Å². The van der Waals surface area contributed by atoms with Crippen molar-refractivity contribution in [3.63, 3.8) is 0 Å². The van der Waals surface area contributed by atoms with Gasteiger partial charge in [0, 0.05) is 39.0 Å². The smallest absolute Gasteiger partial charge is 0.410 e. The number of rotatable bonds is 8. The van der Waals surface area contributed by atoms with Crippen LogP contribution in [0, 0.1) is 0 Å². The highest BCUT2D eigenvalue weighted by molar-refractivity contribution is 5.70. The topological polar surface area (TPSA) is 62.2 Å². The molecule has 3 rings (SSSR count). The lowest BCUT2D eigenvalue weighted by Gasteiger charge is -2.37. The van der Waals surface area contributed by atoms with Crippen molar-refractivity contribution in [3.8, 4) is 0 Å². The van der Waals surface area contributed by atoms with E-state index in [1.54, 1.807) is 0 Å². The third-order valence-electron chi connectivity index (χ3n) is 5.46. The Balaban J connectivity index is 1.47. The van der Waals surface area contributed by atoms with E-state index in [1.807, 2.05) is 23.1 Å². The fraction of sp³-hybridized carbons (Fsp3) is 0.650. The predicted octanol–water partition coefficient (Wildman–Crippen LogP) is 2.09. The summed E-state index contributed by atoms with van der Waals surface area (Å²) >= 11 is 0. The predicted molar refractivity (Wildman–Crippen MR) is 99.2 cm³/mol. The van der Waals surface area contributed by atoms with E-state index >= 15 is 0 Å². The number of amides is 1. The van der Waals surface area contributed by atoms with Crippen LogP contribution in [0.15, 0.2) is 30.3 Å². The molecule has 1 N–H and O–H groups in total. The molecule has 1 atom stereocenters. The third kappa shape index (κ3) is 4.75. The molecular weight excluding hydrogens is 332 g/mol. The van der Waals surface area contributed by atoms with E-state index in [9.17, 15) is 4.79 Å². The first-order valence-electron chi connectivity index (χ1n) is 9.56. The number of aliphatic hydroxyl groups excluding tert-OH is 1. The fourth-order valence-corrected chi connectivity index (χ4v) is 3.86. The average Bonchev–Trinajstić information content (AvgIpc) is 2.96. The molecule has 0 radical (unpaired) electrons. The summed E-state index contributed by atoms with van der Waals surface area (Å²) < 4.78 is 11.2. The molecule has 1 spiro atoms. The Morgan fingerprint density at radius 2 is 1.96 bits per heavy atom. The minimum Gasteiger partial charge on any atom is -0.441 e. The first-order valence-corrected chi connectivity index (χ1v) is 9.56. The third-order valence-corrected chi connectivity index (χ3v) is 5.46. The molecule has 1 aromatic carbocycles. The van der Waals surface area contributed by atoms with Crippen molar-refractivity contribution < 1.29 is 19.4 Å². The quantitative estimate of drug-likeness (QED) is 0.718. The maximum atomic E-state index is 12.4. The number of likely N-dealkylation sites (tertiary alicyclic amines) is 1. The normalized spacial score (nSPS) is 21.2. The maximum absolute atomic E-state index is 12.4. The van der Waals surface area contributed by atoms with Crippen LogP contribution in [0.4, 0.5) is 4.79 Å². The summed E-state index contributed by atoms with van der Waals surface area (Å²) in [6.07, 6.45) is 1.57. The van der Waals surface area contributed by atoms with Crippen LogP contribution in [0.5, 0.6) is 0 Å². The highest BCUT2D eigenvalue weighted by Gasteiger charge is 2.46. The SMILES string of the molecule is C[C@@H](CN1CC2(CCN(CCOCCO)CC2)OC1=O)c1ccccc1. The van der Waals surface area contributed by atoms with Gasteiger partial charge in [0.05, 0.1) is 26.4 Å². The highest BCUT2D eigenvalue weighted by Crippen LogP contribution is 2.34. The van der Waals surface area contributed by atoms with Crippen LogP contribution in [0.3, 0.4) is 0 Å². The molecule has 2 aliphatic rings. The molecule has 1 aromatic rings. The van der Waals surface area contributed by atoms with E-state index in [2.05, 4.69) is 24.0 Å². The first-order chi connectivity index (χ1) is 12.6. The van der Waals surface area contributed by atoms with Crippen LogP contribution in [0.25, 0.3) is 0 Å². The van der Waals surface area contributed by atoms with E-state index in [4.69, 9.17) is 14.6 Å². The maximum Gasteiger partial charge on any atom is 0.410 e. The van der Waals surface area contributed by atoms with Gasteiger partial charge in [0.2, 0.25) is 0 Å². The van der Waals surface area contributed by atoms with Gasteiger partial charge in [-0.1, -0.05) is 37.3 Å². The fourth-order valence-electron chi connectivity index (χ4n) is 3.86. The molecule has 0 unspecified atom stereocenters. The van der Waals surface area contributed by atoms with Crippen molar-refractivity contribution in [2.75, 3.05) is 52.5 Å². The molecule has 0 aliphatic carbocycles. The Bertz CT molecular complexity index is 572. The van der Waals surface area contributed by atoms with Gasteiger partial charge in [0.1, 0.15) is 5.60 Å². The molecular formula is C20H30N2O4. The van der Waals surface area contributed by atoms with E-state index < -0.39 is 0 Å². The van der Waals surface area contributed by atoms with Crippen molar-refractivity contribution in [1.29, 1.82) is 0 Å². The van der Waals surface area contributed by atoms with Gasteiger partial charge in [0.25, 0.3) is 0 Å². The molecule has 144 valence electrons. The Labute approximate surface area is 155 Å². The zero-order chi connectivity index (χ0) is 18.4. The van der Waals surface area contributed by atoms with Crippen LogP contribution >= 0.6 is 0 Å². The van der Waals surface area contributed by atoms with Gasteiger partial charge >= 0.3 is 6.09 Å². The summed E-state index contributed by atoms with van der Waals surface area (Å²) in [5.74, 6) is 0.294. The van der Waals surface area contributed by atoms with Crippen molar-refractivity contribution in [2.24, 2.45) is 0 Å². The average molecular weight is 362 g/mol. The summed E-state index contributed by atoms with van der Waals surface area (Å²) in [5, 5.41) is 8.74. The molecule has 2 heterocycles. The minimum absolute atomic E-state index is 0.0658. The number of ether oxygens (including phenoxy) is 2. The van der Waals surface area contributed by atoms with Crippen LogP contribution in [-0.4, -0.2) is 79.1 Å². The summed E-state index contributed by atoms with van der Waals surface area (Å²) in [5.41, 5.74) is 0.926. The molecule has 0 bridgehead atoms. The van der Waals surface area contributed by atoms with Crippen LogP contribution in [0.1, 0.15) is 31.2 Å². The van der Waals surface area contributed by atoms with Gasteiger partial charge in [-0.25, -0.2) is 4.79 Å². The van der Waals surface area contributed by atoms with Crippen molar-refractivity contribution >= 4 is 6.09 Å². The Kier molecular flexibility index (Phi) is 6.51. The number of benzene rings is 1. The second kappa shape index (κ2) is 8.84. The van der Waals surface area contributed by atoms with E-state index in [0.29, 0.717) is 32.2 Å². The zero-order valence-corrected chi connectivity index (χ0v) is 15.6. The van der Waals surface area contributed by atoms with Gasteiger partial charge in [-0.15, -0.1) is 0 Å². The lowest BCUT2D eigenvalue weighted by atomic mass is 9.91. The summed E-state index contributed by atoms with van der Waals surface area (Å²) in [7, 11) is 0. The number of hydrogen-bond donors (Lipinski definition) is 1. The number of nitrogens with zero attached hydrogens (tertiary/aromatic N) is 2. The van der Waals surface area contributed by atoms with Gasteiger partial charge in [-0.05, 0) is 11.5 Å². The molecule has 6 heteroatoms. The lowest BCUT2D eigenvalue weighted by molar-refractivity contribution is -0.00787. The van der Waals surface area contributed by atoms with Gasteiger partial charge in [-0.2, -0.15) is 0 Å². The molecule has 26 heavy (non-hydrogen) atoms. The van der Waals surface area contributed by atoms with Gasteiger partial charge in [-0.3, -0.25) is 0 Å². The van der Waals surface area contributed by atoms with Crippen LogP contribution in [-0.2, 0) is 9.47 Å². The Hall–Kier alpha value is -1.63. The Morgan fingerprint density at radius 3 is 2.65 bits per heavy atom. The lowest BCUT2D eigenvalue weighted by Crippen LogP contribution is -2.47. The number of aliphatic hydroxyl groups is 1. The van der Waals surface area contributed by atoms with Crippen LogP contribution < -0.4 is 0 Å². The highest BCUT2D eigenvalue weighted by atomic mass is 16.6. The molecule has 2 fully saturated rings. The molecule has 2 aliphatic heterocycles. The largest absolute Gasteiger partial charge is 0.441 e. The summed E-state index contributed by atoms with van der Waals surface area (Å²) in [6, 6.07) is 10.3. The molecule has 0 saturated carbocycles. The number of hydrogen-bond acceptors (Lipinski definition) is 5. The van der Waals surface area contributed by atoms with Crippen LogP contribution in [0.2, 0.25) is 0 Å². The second-order valence-corrected chi connectivity index (χ2v) is 7.42. The summed E-state index contributed by atoms with van der Waals surface area (Å²) in [4.78, 5) is 16.6. The van der Waals surface area contributed by atoms with Gasteiger partial charge in [0.15, 0.2) is 0 Å². The zero-order valence-electron chi connectivity index (χ0n) is 15.6. The second-order valence-electron chi connectivity index (χ2n) is 7.42. The molecule has 0 aromatic heterocycles. The molecule has 6 nitrogen and oxygen atoms in total. The monoisotopic (exact) mass is 362 g/mol. The van der Waals surface area contributed by atoms with E-state index in [1.165, 1.54) is 5.56 Å². The van der Waals surface area contributed by atoms with Gasteiger partial charge < -0.3 is 24.4 Å².